The fraction of sp³-hybridized carbons (Fsp3) is 0.231. The molecule has 0 atom stereocenters. The van der Waals surface area contributed by atoms with Crippen LogP contribution in [0.15, 0.2) is 17.2 Å². The van der Waals surface area contributed by atoms with Crippen molar-refractivity contribution in [3.05, 3.63) is 28.8 Å². The average molecular weight is 365 g/mol. The molecule has 134 valence electrons. The van der Waals surface area contributed by atoms with E-state index in [0.29, 0.717) is 0 Å². The molecule has 0 aliphatic carbocycles. The van der Waals surface area contributed by atoms with Gasteiger partial charge < -0.3 is 5.73 Å². The number of rotatable bonds is 4. The summed E-state index contributed by atoms with van der Waals surface area (Å²) >= 11 is 0. The summed E-state index contributed by atoms with van der Waals surface area (Å²) in [6.07, 6.45) is -10.4. The van der Waals surface area contributed by atoms with E-state index in [1.54, 1.807) is 5.43 Å². The molecular formula is C13H9F6N5O. The Kier molecular flexibility index (Phi) is 5.42. The van der Waals surface area contributed by atoms with Crippen molar-refractivity contribution in [3.8, 4) is 6.07 Å². The largest absolute Gasteiger partial charge is 0.417 e. The minimum Gasteiger partial charge on any atom is -0.382 e. The van der Waals surface area contributed by atoms with Crippen molar-refractivity contribution in [2.75, 3.05) is 5.43 Å². The first-order valence-electron chi connectivity index (χ1n) is 6.20. The first-order valence-corrected chi connectivity index (χ1v) is 6.20. The van der Waals surface area contributed by atoms with Gasteiger partial charge in [-0.15, -0.1) is 0 Å². The summed E-state index contributed by atoms with van der Waals surface area (Å²) in [5.74, 6) is -2.05. The first-order chi connectivity index (χ1) is 11.3. The Morgan fingerprint density at radius 1 is 1.24 bits per heavy atom. The molecule has 0 saturated carbocycles. The van der Waals surface area contributed by atoms with Crippen LogP contribution < -0.4 is 11.2 Å². The number of amidine groups is 1. The Bertz CT molecular complexity index is 788. The molecule has 0 saturated heterocycles. The zero-order valence-electron chi connectivity index (χ0n) is 12.3. The van der Waals surface area contributed by atoms with E-state index >= 15 is 0 Å². The van der Waals surface area contributed by atoms with Crippen LogP contribution in [0, 0.1) is 16.7 Å². The van der Waals surface area contributed by atoms with E-state index in [4.69, 9.17) is 16.4 Å². The summed E-state index contributed by atoms with van der Waals surface area (Å²) in [4.78, 5) is 11.5. The topological polar surface area (TPSA) is 115 Å². The van der Waals surface area contributed by atoms with Crippen molar-refractivity contribution in [2.24, 2.45) is 10.8 Å². The Balaban J connectivity index is 3.72. The molecule has 12 heteroatoms. The number of nitrogens with two attached hydrogens (primary N) is 1. The van der Waals surface area contributed by atoms with Gasteiger partial charge in [-0.2, -0.15) is 36.7 Å². The number of halogens is 6. The SMILES string of the molecule is CC(=O)c1c(N/N=C(\C#N)C(=N)N)cc(C(F)(F)F)cc1C(F)(F)F. The number of alkyl halides is 6. The van der Waals surface area contributed by atoms with Crippen LogP contribution in [0.2, 0.25) is 0 Å². The number of carbonyl (C=O) groups is 1. The predicted octanol–water partition coefficient (Wildman–Crippen LogP) is 3.15. The van der Waals surface area contributed by atoms with Crippen LogP contribution >= 0.6 is 0 Å². The zero-order chi connectivity index (χ0) is 19.6. The van der Waals surface area contributed by atoms with Crippen LogP contribution in [0.4, 0.5) is 32.0 Å². The number of Topliss-reactive ketones (excluding diaryl/α,β-unsaturated/α-hetero) is 1. The molecule has 0 spiro atoms. The highest BCUT2D eigenvalue weighted by molar-refractivity contribution is 6.45. The van der Waals surface area contributed by atoms with E-state index in [1.807, 2.05) is 0 Å². The molecule has 0 amide bonds. The van der Waals surface area contributed by atoms with Gasteiger partial charge in [-0.3, -0.25) is 15.6 Å². The maximum Gasteiger partial charge on any atom is 0.417 e. The summed E-state index contributed by atoms with van der Waals surface area (Å²) < 4.78 is 77.7. The average Bonchev–Trinajstić information content (AvgIpc) is 2.44. The maximum atomic E-state index is 13.1. The van der Waals surface area contributed by atoms with Gasteiger partial charge in [-0.1, -0.05) is 0 Å². The van der Waals surface area contributed by atoms with Crippen LogP contribution in [0.25, 0.3) is 0 Å². The van der Waals surface area contributed by atoms with Crippen molar-refractivity contribution in [3.63, 3.8) is 0 Å². The fourth-order valence-electron chi connectivity index (χ4n) is 1.76. The summed E-state index contributed by atoms with van der Waals surface area (Å²) in [5, 5.41) is 18.8. The van der Waals surface area contributed by atoms with E-state index in [-0.39, 0.29) is 12.1 Å². The van der Waals surface area contributed by atoms with Gasteiger partial charge in [0.1, 0.15) is 6.07 Å². The molecule has 1 rings (SSSR count). The lowest BCUT2D eigenvalue weighted by molar-refractivity contribution is -0.143. The van der Waals surface area contributed by atoms with Crippen LogP contribution in [0.3, 0.4) is 0 Å². The smallest absolute Gasteiger partial charge is 0.382 e. The van der Waals surface area contributed by atoms with E-state index < -0.39 is 52.1 Å². The summed E-state index contributed by atoms with van der Waals surface area (Å²) in [6, 6.07) is 1.37. The number of hydrazone groups is 1. The number of carbonyl (C=O) groups excluding carboxylic acids is 1. The van der Waals surface area contributed by atoms with Gasteiger partial charge in [0, 0.05) is 0 Å². The molecule has 0 fully saturated rings. The summed E-state index contributed by atoms with van der Waals surface area (Å²) in [6.45, 7) is 0.725. The van der Waals surface area contributed by atoms with Gasteiger partial charge in [-0.25, -0.2) is 0 Å². The fourth-order valence-corrected chi connectivity index (χ4v) is 1.76. The summed E-state index contributed by atoms with van der Waals surface area (Å²) in [7, 11) is 0. The maximum absolute atomic E-state index is 13.1. The molecule has 0 aliphatic heterocycles. The number of nitrogens with zero attached hydrogens (tertiary/aromatic N) is 2. The normalized spacial score (nSPS) is 12.5. The molecule has 4 N–H and O–H groups in total. The monoisotopic (exact) mass is 365 g/mol. The highest BCUT2D eigenvalue weighted by Crippen LogP contribution is 2.40. The molecule has 6 nitrogen and oxygen atoms in total. The molecule has 0 radical (unpaired) electrons. The molecule has 1 aromatic rings. The van der Waals surface area contributed by atoms with Crippen LogP contribution in [0.5, 0.6) is 0 Å². The summed E-state index contributed by atoms with van der Waals surface area (Å²) in [5.41, 5.74) is 0.447. The van der Waals surface area contributed by atoms with Gasteiger partial charge in [0.2, 0.25) is 5.71 Å². The van der Waals surface area contributed by atoms with Gasteiger partial charge in [-0.05, 0) is 19.1 Å². The van der Waals surface area contributed by atoms with E-state index in [0.717, 1.165) is 6.92 Å². The van der Waals surface area contributed by atoms with Crippen molar-refractivity contribution in [1.29, 1.82) is 10.7 Å². The zero-order valence-corrected chi connectivity index (χ0v) is 12.3. The highest BCUT2D eigenvalue weighted by atomic mass is 19.4. The molecule has 0 unspecified atom stereocenters. The van der Waals surface area contributed by atoms with Gasteiger partial charge in [0.25, 0.3) is 0 Å². The van der Waals surface area contributed by atoms with Crippen molar-refractivity contribution in [2.45, 2.75) is 19.3 Å². The van der Waals surface area contributed by atoms with Crippen molar-refractivity contribution in [1.82, 2.24) is 0 Å². The Labute approximate surface area is 136 Å². The second-order valence-corrected chi connectivity index (χ2v) is 4.60. The van der Waals surface area contributed by atoms with Gasteiger partial charge in [0.15, 0.2) is 11.6 Å². The quantitative estimate of drug-likeness (QED) is 0.250. The third-order valence-corrected chi connectivity index (χ3v) is 2.77. The van der Waals surface area contributed by atoms with Gasteiger partial charge >= 0.3 is 12.4 Å². The number of nitriles is 1. The van der Waals surface area contributed by atoms with E-state index in [2.05, 4.69) is 5.10 Å². The minimum atomic E-state index is -5.25. The Morgan fingerprint density at radius 3 is 2.16 bits per heavy atom. The number of hydrogen-bond acceptors (Lipinski definition) is 5. The highest BCUT2D eigenvalue weighted by Gasteiger charge is 2.40. The lowest BCUT2D eigenvalue weighted by Crippen LogP contribution is -2.22. The van der Waals surface area contributed by atoms with Crippen LogP contribution in [-0.2, 0) is 12.4 Å². The van der Waals surface area contributed by atoms with E-state index in [9.17, 15) is 31.1 Å². The minimum absolute atomic E-state index is 0.193. The standard InChI is InChI=1S/C13H9F6N5O/c1-5(25)10-7(13(17,18)19)2-6(12(14,15)16)3-8(10)23-24-9(4-20)11(21)22/h2-3,23H,1H3,(H3,21,22)/b24-9+. The second kappa shape index (κ2) is 6.80. The Morgan fingerprint density at radius 2 is 1.80 bits per heavy atom. The van der Waals surface area contributed by atoms with Gasteiger partial charge in [0.05, 0.1) is 22.4 Å². The lowest BCUT2D eigenvalue weighted by atomic mass is 9.98. The number of benzene rings is 1. The van der Waals surface area contributed by atoms with Crippen molar-refractivity contribution < 1.29 is 31.1 Å². The molecule has 0 aromatic heterocycles. The third-order valence-electron chi connectivity index (χ3n) is 2.77. The number of hydrogen-bond donors (Lipinski definition) is 3. The second-order valence-electron chi connectivity index (χ2n) is 4.60. The molecule has 25 heavy (non-hydrogen) atoms. The number of anilines is 1. The molecule has 0 heterocycles. The van der Waals surface area contributed by atoms with Crippen LogP contribution in [-0.4, -0.2) is 17.3 Å². The lowest BCUT2D eigenvalue weighted by Gasteiger charge is -2.18. The molecule has 1 aromatic carbocycles. The number of ketones is 1. The van der Waals surface area contributed by atoms with Crippen molar-refractivity contribution >= 4 is 23.0 Å². The number of nitrogens with one attached hydrogen (secondary N) is 2. The Hall–Kier alpha value is -3.10. The van der Waals surface area contributed by atoms with E-state index in [1.165, 1.54) is 6.07 Å². The van der Waals surface area contributed by atoms with Crippen LogP contribution in [0.1, 0.15) is 28.4 Å². The molecular weight excluding hydrogens is 356 g/mol. The molecule has 0 aliphatic rings. The molecule has 0 bridgehead atoms. The first kappa shape index (κ1) is 19.9. The third kappa shape index (κ3) is 4.69. The predicted molar refractivity (Wildman–Crippen MR) is 75.0 cm³/mol.